The summed E-state index contributed by atoms with van der Waals surface area (Å²) in [4.78, 5) is 17.9. The number of halogens is 1. The van der Waals surface area contributed by atoms with Crippen LogP contribution in [-0.4, -0.2) is 61.3 Å². The highest BCUT2D eigenvalue weighted by atomic mass is 35.5. The van der Waals surface area contributed by atoms with Crippen LogP contribution in [0.2, 0.25) is 5.02 Å². The molecule has 1 saturated heterocycles. The summed E-state index contributed by atoms with van der Waals surface area (Å²) in [6.45, 7) is 13.6. The first kappa shape index (κ1) is 25.8. The van der Waals surface area contributed by atoms with Gasteiger partial charge in [-0.05, 0) is 54.2 Å². The number of carbonyl (C=O) groups excluding carboxylic acids is 1. The number of ether oxygens (including phenoxy) is 3. The van der Waals surface area contributed by atoms with Crippen molar-refractivity contribution in [2.24, 2.45) is 5.92 Å². The number of amides is 1. The lowest BCUT2D eigenvalue weighted by Crippen LogP contribution is -2.51. The van der Waals surface area contributed by atoms with Gasteiger partial charge >= 0.3 is 0 Å². The number of carbonyl (C=O) groups is 1. The van der Waals surface area contributed by atoms with Crippen molar-refractivity contribution in [1.82, 2.24) is 9.80 Å². The first-order valence-corrected chi connectivity index (χ1v) is 13.0. The van der Waals surface area contributed by atoms with Gasteiger partial charge in [-0.2, -0.15) is 0 Å². The largest absolute Gasteiger partial charge is 0.489 e. The Hall–Kier alpha value is -2.28. The summed E-state index contributed by atoms with van der Waals surface area (Å²) in [5.41, 5.74) is 4.84. The van der Waals surface area contributed by atoms with Crippen molar-refractivity contribution in [1.29, 1.82) is 0 Å². The average Bonchev–Trinajstić information content (AvgIpc) is 3.07. The van der Waals surface area contributed by atoms with Gasteiger partial charge in [-0.3, -0.25) is 9.69 Å². The summed E-state index contributed by atoms with van der Waals surface area (Å²) >= 11 is 6.52. The highest BCUT2D eigenvalue weighted by molar-refractivity contribution is 6.32. The molecule has 2 aliphatic rings. The van der Waals surface area contributed by atoms with E-state index in [0.29, 0.717) is 61.9 Å². The van der Waals surface area contributed by atoms with E-state index in [-0.39, 0.29) is 5.91 Å². The molecule has 2 aromatic carbocycles. The number of benzene rings is 2. The Morgan fingerprint density at radius 3 is 2.77 bits per heavy atom. The number of hydrogen-bond donors (Lipinski definition) is 0. The zero-order chi connectivity index (χ0) is 24.9. The summed E-state index contributed by atoms with van der Waals surface area (Å²) in [5, 5.41) is 0.518. The fourth-order valence-electron chi connectivity index (χ4n) is 4.69. The summed E-state index contributed by atoms with van der Waals surface area (Å²) in [6.07, 6.45) is 0.333. The minimum absolute atomic E-state index is 0.0209. The van der Waals surface area contributed by atoms with Gasteiger partial charge in [0.05, 0.1) is 24.8 Å². The summed E-state index contributed by atoms with van der Waals surface area (Å²) < 4.78 is 17.6. The van der Waals surface area contributed by atoms with Crippen LogP contribution in [0, 0.1) is 19.8 Å². The minimum Gasteiger partial charge on any atom is -0.489 e. The average molecular weight is 501 g/mol. The van der Waals surface area contributed by atoms with E-state index in [0.717, 1.165) is 25.1 Å². The van der Waals surface area contributed by atoms with Crippen LogP contribution < -0.4 is 9.47 Å². The van der Waals surface area contributed by atoms with Crippen LogP contribution in [0.4, 0.5) is 0 Å². The molecule has 0 bridgehead atoms. The Morgan fingerprint density at radius 2 is 1.97 bits per heavy atom. The van der Waals surface area contributed by atoms with Crippen molar-refractivity contribution in [3.05, 3.63) is 57.6 Å². The third-order valence-electron chi connectivity index (χ3n) is 6.67. The smallest absolute Gasteiger partial charge is 0.253 e. The first-order chi connectivity index (χ1) is 16.8. The molecule has 1 fully saturated rings. The minimum atomic E-state index is -0.483. The molecule has 0 N–H and O–H groups in total. The van der Waals surface area contributed by atoms with Gasteiger partial charge in [0.15, 0.2) is 11.5 Å². The Labute approximate surface area is 214 Å². The van der Waals surface area contributed by atoms with E-state index in [2.05, 4.69) is 50.8 Å². The zero-order valence-electron chi connectivity index (χ0n) is 21.3. The van der Waals surface area contributed by atoms with E-state index < -0.39 is 6.10 Å². The molecule has 35 heavy (non-hydrogen) atoms. The fraction of sp³-hybridized carbons (Fsp3) is 0.536. The maximum Gasteiger partial charge on any atom is 0.253 e. The number of fused-ring (bicyclic) bond motifs is 1. The van der Waals surface area contributed by atoms with Crippen LogP contribution in [0.25, 0.3) is 0 Å². The first-order valence-electron chi connectivity index (χ1n) is 12.6. The van der Waals surface area contributed by atoms with Crippen molar-refractivity contribution in [3.8, 4) is 11.5 Å². The molecule has 7 heteroatoms. The molecule has 4 rings (SSSR count). The molecule has 190 valence electrons. The molecule has 1 atom stereocenters. The van der Waals surface area contributed by atoms with E-state index in [1.807, 2.05) is 17.0 Å². The monoisotopic (exact) mass is 500 g/mol. The Morgan fingerprint density at radius 1 is 1.17 bits per heavy atom. The number of rotatable bonds is 7. The van der Waals surface area contributed by atoms with Gasteiger partial charge in [0.25, 0.3) is 5.91 Å². The van der Waals surface area contributed by atoms with Crippen molar-refractivity contribution in [2.75, 3.05) is 39.5 Å². The van der Waals surface area contributed by atoms with Crippen LogP contribution in [0.3, 0.4) is 0 Å². The molecule has 0 radical (unpaired) electrons. The molecule has 0 aliphatic carbocycles. The second-order valence-corrected chi connectivity index (χ2v) is 10.4. The summed E-state index contributed by atoms with van der Waals surface area (Å²) in [7, 11) is 0. The molecule has 6 nitrogen and oxygen atoms in total. The standard InChI is InChI=1S/C28H37ClN2O4/c1-19(2)15-31(16-22-13-24(29)27-25(14-22)33-10-6-11-35-27)28(32)26-18-30(9-12-34-26)17-23-8-5-7-20(3)21(23)4/h5,7-8,13-14,19,26H,6,9-12,15-18H2,1-4H3. The van der Waals surface area contributed by atoms with Crippen molar-refractivity contribution in [3.63, 3.8) is 0 Å². The molecular formula is C28H37ClN2O4. The number of nitrogens with zero attached hydrogens (tertiary/aromatic N) is 2. The lowest BCUT2D eigenvalue weighted by Gasteiger charge is -2.36. The van der Waals surface area contributed by atoms with E-state index in [4.69, 9.17) is 25.8 Å². The van der Waals surface area contributed by atoms with Gasteiger partial charge in [-0.1, -0.05) is 43.6 Å². The van der Waals surface area contributed by atoms with Gasteiger partial charge in [0.1, 0.15) is 6.10 Å². The highest BCUT2D eigenvalue weighted by Crippen LogP contribution is 2.38. The van der Waals surface area contributed by atoms with Crippen LogP contribution in [-0.2, 0) is 22.6 Å². The second-order valence-electron chi connectivity index (χ2n) is 10.0. The summed E-state index contributed by atoms with van der Waals surface area (Å²) in [5.74, 6) is 1.58. The molecule has 1 unspecified atom stereocenters. The van der Waals surface area contributed by atoms with E-state index >= 15 is 0 Å². The van der Waals surface area contributed by atoms with Gasteiger partial charge in [-0.25, -0.2) is 0 Å². The summed E-state index contributed by atoms with van der Waals surface area (Å²) in [6, 6.07) is 10.2. The Kier molecular flexibility index (Phi) is 8.58. The maximum atomic E-state index is 13.7. The maximum absolute atomic E-state index is 13.7. The third-order valence-corrected chi connectivity index (χ3v) is 6.95. The van der Waals surface area contributed by atoms with Crippen LogP contribution >= 0.6 is 11.6 Å². The molecule has 1 amide bonds. The number of aryl methyl sites for hydroxylation is 1. The topological polar surface area (TPSA) is 51.2 Å². The van der Waals surface area contributed by atoms with Crippen LogP contribution in [0.15, 0.2) is 30.3 Å². The predicted molar refractivity (Wildman–Crippen MR) is 138 cm³/mol. The molecule has 0 saturated carbocycles. The Bertz CT molecular complexity index is 1040. The van der Waals surface area contributed by atoms with Gasteiger partial charge in [0.2, 0.25) is 0 Å². The number of morpholine rings is 1. The van der Waals surface area contributed by atoms with Crippen molar-refractivity contribution in [2.45, 2.75) is 53.3 Å². The lowest BCUT2D eigenvalue weighted by atomic mass is 10.0. The quantitative estimate of drug-likeness (QED) is 0.535. The normalized spacial score (nSPS) is 18.4. The number of hydrogen-bond acceptors (Lipinski definition) is 5. The Balaban J connectivity index is 1.48. The van der Waals surface area contributed by atoms with Gasteiger partial charge < -0.3 is 19.1 Å². The molecule has 2 aromatic rings. The molecule has 2 heterocycles. The molecule has 0 spiro atoms. The van der Waals surface area contributed by atoms with Gasteiger partial charge in [-0.15, -0.1) is 0 Å². The zero-order valence-corrected chi connectivity index (χ0v) is 22.1. The predicted octanol–water partition coefficient (Wildman–Crippen LogP) is 5.00. The lowest BCUT2D eigenvalue weighted by molar-refractivity contribution is -0.151. The van der Waals surface area contributed by atoms with Crippen LogP contribution in [0.1, 0.15) is 42.5 Å². The van der Waals surface area contributed by atoms with E-state index in [9.17, 15) is 4.79 Å². The molecular weight excluding hydrogens is 464 g/mol. The van der Waals surface area contributed by atoms with E-state index in [1.165, 1.54) is 16.7 Å². The third kappa shape index (κ3) is 6.49. The van der Waals surface area contributed by atoms with Gasteiger partial charge in [0, 0.05) is 39.1 Å². The van der Waals surface area contributed by atoms with Crippen molar-refractivity contribution >= 4 is 17.5 Å². The highest BCUT2D eigenvalue weighted by Gasteiger charge is 2.31. The van der Waals surface area contributed by atoms with Crippen molar-refractivity contribution < 1.29 is 19.0 Å². The van der Waals surface area contributed by atoms with E-state index in [1.54, 1.807) is 0 Å². The SMILES string of the molecule is Cc1cccc(CN2CCOC(C(=O)N(Cc3cc(Cl)c4c(c3)OCCCO4)CC(C)C)C2)c1C. The molecule has 0 aromatic heterocycles. The fourth-order valence-corrected chi connectivity index (χ4v) is 4.98. The second kappa shape index (κ2) is 11.6. The molecule has 2 aliphatic heterocycles. The van der Waals surface area contributed by atoms with Crippen LogP contribution in [0.5, 0.6) is 11.5 Å².